The lowest BCUT2D eigenvalue weighted by Crippen LogP contribution is -2.03. The van der Waals surface area contributed by atoms with Gasteiger partial charge in [-0.3, -0.25) is 0 Å². The molecule has 0 saturated heterocycles. The fourth-order valence-electron chi connectivity index (χ4n) is 1.96. The molecule has 0 saturated carbocycles. The summed E-state index contributed by atoms with van der Waals surface area (Å²) in [4.78, 5) is 0. The first-order chi connectivity index (χ1) is 11.8. The molecular weight excluding hydrogens is 346 g/mol. The van der Waals surface area contributed by atoms with Crippen LogP contribution in [0.25, 0.3) is 5.69 Å². The summed E-state index contributed by atoms with van der Waals surface area (Å²) in [5, 5.41) is 21.8. The zero-order chi connectivity index (χ0) is 16.8. The minimum absolute atomic E-state index is 0.499. The molecule has 120 valence electrons. The van der Waals surface area contributed by atoms with Crippen molar-refractivity contribution < 1.29 is 4.74 Å². The molecule has 0 radical (unpaired) electrons. The van der Waals surface area contributed by atoms with Crippen LogP contribution < -0.4 is 4.74 Å². The first-order valence-electron chi connectivity index (χ1n) is 7.06. The molecule has 0 amide bonds. The lowest BCUT2D eigenvalue weighted by molar-refractivity contribution is 0.344. The van der Waals surface area contributed by atoms with Crippen LogP contribution in [0.4, 0.5) is 0 Å². The second-order valence-electron chi connectivity index (χ2n) is 4.69. The molecule has 0 aliphatic rings. The van der Waals surface area contributed by atoms with Crippen LogP contribution in [0.3, 0.4) is 0 Å². The second-order valence-corrected chi connectivity index (χ2v) is 6.18. The average molecular weight is 358 g/mol. The first-order valence-corrected chi connectivity index (χ1v) is 8.43. The number of hydrogen-bond donors (Lipinski definition) is 0. The zero-order valence-corrected chi connectivity index (χ0v) is 14.0. The number of aromatic nitrogens is 4. The maximum atomic E-state index is 8.76. The summed E-state index contributed by atoms with van der Waals surface area (Å²) >= 11 is 7.49. The van der Waals surface area contributed by atoms with Gasteiger partial charge in [0.1, 0.15) is 5.75 Å². The normalized spacial score (nSPS) is 10.3. The van der Waals surface area contributed by atoms with Gasteiger partial charge in [-0.25, -0.2) is 0 Å². The Kier molecular flexibility index (Phi) is 5.31. The molecule has 24 heavy (non-hydrogen) atoms. The minimum atomic E-state index is 0.499. The summed E-state index contributed by atoms with van der Waals surface area (Å²) in [5.41, 5.74) is 1.42. The lowest BCUT2D eigenvalue weighted by Gasteiger charge is -2.06. The third-order valence-corrected chi connectivity index (χ3v) is 4.18. The summed E-state index contributed by atoms with van der Waals surface area (Å²) in [5.74, 6) is 1.41. The Hall–Kier alpha value is -2.56. The quantitative estimate of drug-likeness (QED) is 0.497. The van der Waals surface area contributed by atoms with Crippen molar-refractivity contribution in [2.75, 3.05) is 12.4 Å². The molecular formula is C16H12ClN5OS. The summed E-state index contributed by atoms with van der Waals surface area (Å²) < 4.78 is 7.28. The van der Waals surface area contributed by atoms with Crippen LogP contribution in [-0.2, 0) is 0 Å². The van der Waals surface area contributed by atoms with E-state index < -0.39 is 0 Å². The van der Waals surface area contributed by atoms with Crippen molar-refractivity contribution in [1.29, 1.82) is 5.26 Å². The highest BCUT2D eigenvalue weighted by molar-refractivity contribution is 7.99. The fraction of sp³-hybridized carbons (Fsp3) is 0.125. The average Bonchev–Trinajstić information content (AvgIpc) is 3.08. The molecule has 0 aliphatic carbocycles. The van der Waals surface area contributed by atoms with Gasteiger partial charge in [0.05, 0.1) is 23.9 Å². The Labute approximate surface area is 148 Å². The van der Waals surface area contributed by atoms with E-state index in [2.05, 4.69) is 21.6 Å². The number of thioether (sulfide) groups is 1. The maximum absolute atomic E-state index is 8.76. The summed E-state index contributed by atoms with van der Waals surface area (Å²) in [6.07, 6.45) is 0. The predicted octanol–water partition coefficient (Wildman–Crippen LogP) is 3.36. The number of benzene rings is 2. The van der Waals surface area contributed by atoms with E-state index in [1.54, 1.807) is 41.1 Å². The predicted molar refractivity (Wildman–Crippen MR) is 91.5 cm³/mol. The molecule has 0 fully saturated rings. The van der Waals surface area contributed by atoms with Crippen LogP contribution in [0, 0.1) is 11.3 Å². The molecule has 0 bridgehead atoms. The fourth-order valence-corrected chi connectivity index (χ4v) is 2.85. The van der Waals surface area contributed by atoms with Crippen LogP contribution in [0.1, 0.15) is 5.56 Å². The third-order valence-electron chi connectivity index (χ3n) is 3.06. The molecule has 0 unspecified atom stereocenters. The van der Waals surface area contributed by atoms with Gasteiger partial charge in [0, 0.05) is 10.8 Å². The van der Waals surface area contributed by atoms with Gasteiger partial charge < -0.3 is 4.74 Å². The molecule has 0 aliphatic heterocycles. The van der Waals surface area contributed by atoms with Crippen LogP contribution in [0.15, 0.2) is 53.7 Å². The van der Waals surface area contributed by atoms with E-state index in [0.29, 0.717) is 28.1 Å². The summed E-state index contributed by atoms with van der Waals surface area (Å²) in [7, 11) is 0. The van der Waals surface area contributed by atoms with E-state index in [1.165, 1.54) is 11.8 Å². The maximum Gasteiger partial charge on any atom is 0.214 e. The van der Waals surface area contributed by atoms with Gasteiger partial charge in [0.15, 0.2) is 0 Å². The Morgan fingerprint density at radius 1 is 1.21 bits per heavy atom. The number of tetrazole rings is 1. The Bertz CT molecular complexity index is 859. The number of hydrogen-bond acceptors (Lipinski definition) is 6. The summed E-state index contributed by atoms with van der Waals surface area (Å²) in [6, 6.07) is 16.4. The van der Waals surface area contributed by atoms with Gasteiger partial charge in [0.2, 0.25) is 5.16 Å². The molecule has 8 heteroatoms. The van der Waals surface area contributed by atoms with E-state index in [9.17, 15) is 0 Å². The highest BCUT2D eigenvalue weighted by atomic mass is 35.5. The molecule has 3 aromatic rings. The number of halogens is 1. The van der Waals surface area contributed by atoms with Gasteiger partial charge in [-0.1, -0.05) is 29.4 Å². The number of nitrogens with zero attached hydrogens (tertiary/aromatic N) is 5. The number of ether oxygens (including phenoxy) is 1. The molecule has 1 aromatic heterocycles. The Morgan fingerprint density at radius 3 is 2.79 bits per heavy atom. The summed E-state index contributed by atoms with van der Waals surface area (Å²) in [6.45, 7) is 0.499. The Balaban J connectivity index is 1.56. The molecule has 6 nitrogen and oxygen atoms in total. The van der Waals surface area contributed by atoms with Crippen LogP contribution in [0.5, 0.6) is 5.75 Å². The highest BCUT2D eigenvalue weighted by Crippen LogP contribution is 2.20. The van der Waals surface area contributed by atoms with Crippen molar-refractivity contribution in [2.24, 2.45) is 0 Å². The van der Waals surface area contributed by atoms with Crippen molar-refractivity contribution in [3.05, 3.63) is 59.1 Å². The molecule has 0 N–H and O–H groups in total. The van der Waals surface area contributed by atoms with Crippen molar-refractivity contribution in [1.82, 2.24) is 20.2 Å². The highest BCUT2D eigenvalue weighted by Gasteiger charge is 2.09. The minimum Gasteiger partial charge on any atom is -0.493 e. The topological polar surface area (TPSA) is 76.6 Å². The SMILES string of the molecule is N#Cc1ccc(OCCSc2nnnn2-c2cccc(Cl)c2)cc1. The van der Waals surface area contributed by atoms with Crippen molar-refractivity contribution in [2.45, 2.75) is 5.16 Å². The molecule has 3 rings (SSSR count). The van der Waals surface area contributed by atoms with Crippen molar-refractivity contribution in [3.63, 3.8) is 0 Å². The zero-order valence-electron chi connectivity index (χ0n) is 12.5. The van der Waals surface area contributed by atoms with Gasteiger partial charge in [-0.15, -0.1) is 5.10 Å². The van der Waals surface area contributed by atoms with Crippen molar-refractivity contribution in [3.8, 4) is 17.5 Å². The molecule has 1 heterocycles. The first kappa shape index (κ1) is 16.3. The van der Waals surface area contributed by atoms with Crippen LogP contribution >= 0.6 is 23.4 Å². The second kappa shape index (κ2) is 7.81. The van der Waals surface area contributed by atoms with E-state index in [-0.39, 0.29) is 0 Å². The third kappa shape index (κ3) is 4.04. The van der Waals surface area contributed by atoms with Crippen LogP contribution in [-0.4, -0.2) is 32.6 Å². The smallest absolute Gasteiger partial charge is 0.214 e. The van der Waals surface area contributed by atoms with E-state index >= 15 is 0 Å². The van der Waals surface area contributed by atoms with Crippen LogP contribution in [0.2, 0.25) is 5.02 Å². The van der Waals surface area contributed by atoms with Gasteiger partial charge >= 0.3 is 0 Å². The lowest BCUT2D eigenvalue weighted by atomic mass is 10.2. The molecule has 2 aromatic carbocycles. The number of nitriles is 1. The monoisotopic (exact) mass is 357 g/mol. The van der Waals surface area contributed by atoms with Gasteiger partial charge in [0.25, 0.3) is 0 Å². The van der Waals surface area contributed by atoms with E-state index in [4.69, 9.17) is 21.6 Å². The van der Waals surface area contributed by atoms with Gasteiger partial charge in [-0.05, 0) is 52.9 Å². The van der Waals surface area contributed by atoms with E-state index in [0.717, 1.165) is 11.4 Å². The molecule has 0 atom stereocenters. The Morgan fingerprint density at radius 2 is 2.04 bits per heavy atom. The number of rotatable bonds is 6. The van der Waals surface area contributed by atoms with E-state index in [1.807, 2.05) is 12.1 Å². The largest absolute Gasteiger partial charge is 0.493 e. The molecule has 0 spiro atoms. The van der Waals surface area contributed by atoms with Crippen molar-refractivity contribution >= 4 is 23.4 Å². The standard InChI is InChI=1S/C16H12ClN5OS/c17-13-2-1-3-14(10-13)22-16(19-20-21-22)24-9-8-23-15-6-4-12(11-18)5-7-15/h1-7,10H,8-9H2. The van der Waals surface area contributed by atoms with Gasteiger partial charge in [-0.2, -0.15) is 9.94 Å².